The summed E-state index contributed by atoms with van der Waals surface area (Å²) in [6.07, 6.45) is 1.60. The van der Waals surface area contributed by atoms with Gasteiger partial charge in [-0.1, -0.05) is 0 Å². The van der Waals surface area contributed by atoms with Crippen molar-refractivity contribution in [1.29, 1.82) is 0 Å². The Morgan fingerprint density at radius 3 is 2.85 bits per heavy atom. The van der Waals surface area contributed by atoms with Crippen LogP contribution in [0, 0.1) is 13.8 Å². The molecular formula is C14H18N4O2. The van der Waals surface area contributed by atoms with Gasteiger partial charge >= 0.3 is 0 Å². The Kier molecular flexibility index (Phi) is 4.34. The fourth-order valence-corrected chi connectivity index (χ4v) is 1.72. The van der Waals surface area contributed by atoms with Crippen molar-refractivity contribution < 1.29 is 9.21 Å². The molecule has 2 aromatic heterocycles. The zero-order chi connectivity index (χ0) is 14.5. The Morgan fingerprint density at radius 1 is 1.40 bits per heavy atom. The third-order valence-electron chi connectivity index (χ3n) is 2.85. The Hall–Kier alpha value is -2.37. The van der Waals surface area contributed by atoms with Crippen LogP contribution in [0.1, 0.15) is 34.6 Å². The molecule has 6 nitrogen and oxygen atoms in total. The number of hydrogen-bond acceptors (Lipinski definition) is 5. The summed E-state index contributed by atoms with van der Waals surface area (Å²) >= 11 is 0. The van der Waals surface area contributed by atoms with Crippen molar-refractivity contribution in [2.45, 2.75) is 27.3 Å². The van der Waals surface area contributed by atoms with Gasteiger partial charge in [0.25, 0.3) is 5.91 Å². The van der Waals surface area contributed by atoms with Crippen molar-refractivity contribution in [3.63, 3.8) is 0 Å². The molecule has 0 aliphatic rings. The van der Waals surface area contributed by atoms with E-state index in [9.17, 15) is 4.79 Å². The molecule has 0 saturated carbocycles. The number of carbonyl (C=O) groups is 1. The van der Waals surface area contributed by atoms with E-state index in [-0.39, 0.29) is 12.5 Å². The van der Waals surface area contributed by atoms with E-state index in [1.807, 2.05) is 20.8 Å². The number of nitrogens with zero attached hydrogens (tertiary/aromatic N) is 2. The average Bonchev–Trinajstić information content (AvgIpc) is 2.76. The number of nitrogens with one attached hydrogen (secondary N) is 2. The Bertz CT molecular complexity index is 587. The largest absolute Gasteiger partial charge is 0.444 e. The van der Waals surface area contributed by atoms with E-state index in [1.165, 1.54) is 0 Å². The Balaban J connectivity index is 1.99. The summed E-state index contributed by atoms with van der Waals surface area (Å²) in [4.78, 5) is 20.4. The van der Waals surface area contributed by atoms with Crippen LogP contribution in [0.3, 0.4) is 0 Å². The molecule has 2 N–H and O–H groups in total. The highest BCUT2D eigenvalue weighted by Crippen LogP contribution is 2.09. The predicted molar refractivity (Wildman–Crippen MR) is 75.5 cm³/mol. The molecule has 0 radical (unpaired) electrons. The molecule has 2 rings (SSSR count). The van der Waals surface area contributed by atoms with Gasteiger partial charge in [-0.05, 0) is 32.9 Å². The van der Waals surface area contributed by atoms with E-state index >= 15 is 0 Å². The van der Waals surface area contributed by atoms with E-state index in [0.29, 0.717) is 17.3 Å². The van der Waals surface area contributed by atoms with Crippen molar-refractivity contribution >= 4 is 11.7 Å². The molecule has 0 aromatic carbocycles. The summed E-state index contributed by atoms with van der Waals surface area (Å²) < 4.78 is 5.41. The molecule has 0 aliphatic heterocycles. The van der Waals surface area contributed by atoms with E-state index in [1.54, 1.807) is 18.3 Å². The quantitative estimate of drug-likeness (QED) is 0.872. The zero-order valence-electron chi connectivity index (χ0n) is 11.9. The summed E-state index contributed by atoms with van der Waals surface area (Å²) in [5.74, 6) is 1.78. The standard InChI is InChI=1S/C14H18N4O2/c1-4-15-12-7-11(5-6-16-12)14(19)17-8-13-18-9(2)10(3)20-13/h5-7H,4,8H2,1-3H3,(H,15,16)(H,17,19). The predicted octanol–water partition coefficient (Wildman–Crippen LogP) is 2.05. The van der Waals surface area contributed by atoms with Gasteiger partial charge in [-0.2, -0.15) is 0 Å². The first-order chi connectivity index (χ1) is 9.60. The highest BCUT2D eigenvalue weighted by atomic mass is 16.4. The zero-order valence-corrected chi connectivity index (χ0v) is 11.9. The number of hydrogen-bond donors (Lipinski definition) is 2. The number of oxazole rings is 1. The fraction of sp³-hybridized carbons (Fsp3) is 0.357. The molecule has 0 aliphatic carbocycles. The van der Waals surface area contributed by atoms with E-state index in [0.717, 1.165) is 18.0 Å². The van der Waals surface area contributed by atoms with Gasteiger partial charge in [-0.25, -0.2) is 9.97 Å². The molecule has 2 heterocycles. The van der Waals surface area contributed by atoms with Crippen LogP contribution in [0.4, 0.5) is 5.82 Å². The molecule has 0 fully saturated rings. The molecule has 6 heteroatoms. The molecule has 0 spiro atoms. The SMILES string of the molecule is CCNc1cc(C(=O)NCc2nc(C)c(C)o2)ccn1. The second kappa shape index (κ2) is 6.18. The molecule has 0 atom stereocenters. The van der Waals surface area contributed by atoms with E-state index in [4.69, 9.17) is 4.42 Å². The number of amides is 1. The van der Waals surface area contributed by atoms with Crippen LogP contribution in [-0.2, 0) is 6.54 Å². The van der Waals surface area contributed by atoms with E-state index in [2.05, 4.69) is 20.6 Å². The highest BCUT2D eigenvalue weighted by Gasteiger charge is 2.10. The second-order valence-electron chi connectivity index (χ2n) is 4.39. The lowest BCUT2D eigenvalue weighted by Crippen LogP contribution is -2.23. The topological polar surface area (TPSA) is 80.0 Å². The Morgan fingerprint density at radius 2 is 2.20 bits per heavy atom. The molecule has 0 saturated heterocycles. The second-order valence-corrected chi connectivity index (χ2v) is 4.39. The molecule has 106 valence electrons. The Labute approximate surface area is 117 Å². The third kappa shape index (κ3) is 3.34. The lowest BCUT2D eigenvalue weighted by Gasteiger charge is -2.05. The van der Waals surface area contributed by atoms with Crippen LogP contribution in [0.5, 0.6) is 0 Å². The molecule has 0 bridgehead atoms. The fourth-order valence-electron chi connectivity index (χ4n) is 1.72. The smallest absolute Gasteiger partial charge is 0.251 e. The van der Waals surface area contributed by atoms with Gasteiger partial charge < -0.3 is 15.1 Å². The molecular weight excluding hydrogens is 256 g/mol. The van der Waals surface area contributed by atoms with Crippen molar-refractivity contribution in [3.05, 3.63) is 41.2 Å². The monoisotopic (exact) mass is 274 g/mol. The maximum atomic E-state index is 12.0. The minimum Gasteiger partial charge on any atom is -0.444 e. The van der Waals surface area contributed by atoms with Crippen LogP contribution in [0.25, 0.3) is 0 Å². The summed E-state index contributed by atoms with van der Waals surface area (Å²) in [6.45, 7) is 6.72. The first kappa shape index (κ1) is 14.0. The minimum absolute atomic E-state index is 0.181. The average molecular weight is 274 g/mol. The van der Waals surface area contributed by atoms with Crippen molar-refractivity contribution in [1.82, 2.24) is 15.3 Å². The van der Waals surface area contributed by atoms with Gasteiger partial charge in [0.1, 0.15) is 11.6 Å². The summed E-state index contributed by atoms with van der Waals surface area (Å²) in [5.41, 5.74) is 1.39. The number of aryl methyl sites for hydroxylation is 2. The first-order valence-electron chi connectivity index (χ1n) is 6.51. The van der Waals surface area contributed by atoms with Gasteiger partial charge in [-0.15, -0.1) is 0 Å². The van der Waals surface area contributed by atoms with Gasteiger partial charge in [0.2, 0.25) is 5.89 Å². The number of carbonyl (C=O) groups excluding carboxylic acids is 1. The van der Waals surface area contributed by atoms with Crippen LogP contribution in [-0.4, -0.2) is 22.4 Å². The lowest BCUT2D eigenvalue weighted by atomic mass is 10.2. The molecule has 2 aromatic rings. The van der Waals surface area contributed by atoms with E-state index < -0.39 is 0 Å². The van der Waals surface area contributed by atoms with Gasteiger partial charge in [0, 0.05) is 18.3 Å². The number of anilines is 1. The maximum Gasteiger partial charge on any atom is 0.251 e. The number of aromatic nitrogens is 2. The van der Waals surface area contributed by atoms with Gasteiger partial charge in [0.05, 0.1) is 12.2 Å². The first-order valence-corrected chi connectivity index (χ1v) is 6.51. The van der Waals surface area contributed by atoms with Gasteiger partial charge in [0.15, 0.2) is 0 Å². The number of rotatable bonds is 5. The minimum atomic E-state index is -0.181. The van der Waals surface area contributed by atoms with Crippen LogP contribution < -0.4 is 10.6 Å². The molecule has 20 heavy (non-hydrogen) atoms. The third-order valence-corrected chi connectivity index (χ3v) is 2.85. The highest BCUT2D eigenvalue weighted by molar-refractivity contribution is 5.94. The van der Waals surface area contributed by atoms with Crippen LogP contribution in [0.2, 0.25) is 0 Å². The summed E-state index contributed by atoms with van der Waals surface area (Å²) in [5, 5.41) is 5.84. The van der Waals surface area contributed by atoms with Crippen LogP contribution in [0.15, 0.2) is 22.7 Å². The normalized spacial score (nSPS) is 10.3. The van der Waals surface area contributed by atoms with Crippen molar-refractivity contribution in [2.75, 3.05) is 11.9 Å². The number of pyridine rings is 1. The van der Waals surface area contributed by atoms with Crippen molar-refractivity contribution in [2.24, 2.45) is 0 Å². The van der Waals surface area contributed by atoms with Crippen LogP contribution >= 0.6 is 0 Å². The summed E-state index contributed by atoms with van der Waals surface area (Å²) in [7, 11) is 0. The maximum absolute atomic E-state index is 12.0. The molecule has 0 unspecified atom stereocenters. The van der Waals surface area contributed by atoms with Crippen molar-refractivity contribution in [3.8, 4) is 0 Å². The lowest BCUT2D eigenvalue weighted by molar-refractivity contribution is 0.0947. The molecule has 1 amide bonds. The van der Waals surface area contributed by atoms with Gasteiger partial charge in [-0.3, -0.25) is 4.79 Å². The summed E-state index contributed by atoms with van der Waals surface area (Å²) in [6, 6.07) is 3.38.